The number of fused-ring (bicyclic) bond motifs is 5. The highest BCUT2D eigenvalue weighted by atomic mass is 28.4. The van der Waals surface area contributed by atoms with E-state index in [1.54, 1.807) is 0 Å². The van der Waals surface area contributed by atoms with E-state index in [1.165, 1.54) is 0 Å². The van der Waals surface area contributed by atoms with Crippen LogP contribution in [-0.2, 0) is 56.6 Å². The van der Waals surface area contributed by atoms with Gasteiger partial charge in [0.25, 0.3) is 0 Å². The molecule has 13 heteroatoms. The molecule has 0 radical (unpaired) electrons. The van der Waals surface area contributed by atoms with Gasteiger partial charge in [0.2, 0.25) is 5.79 Å². The van der Waals surface area contributed by atoms with E-state index in [4.69, 9.17) is 51.8 Å². The summed E-state index contributed by atoms with van der Waals surface area (Å²) in [4.78, 5) is 13.1. The topological polar surface area (TPSA) is 119 Å². The average molecular weight is 665 g/mol. The van der Waals surface area contributed by atoms with E-state index >= 15 is 0 Å². The van der Waals surface area contributed by atoms with Crippen LogP contribution in [0.2, 0.25) is 18.1 Å². The summed E-state index contributed by atoms with van der Waals surface area (Å²) in [6, 6.07) is 9.74. The molecule has 0 spiro atoms. The fraction of sp³-hybridized carbons (Fsp3) is 0.788. The third-order valence-electron chi connectivity index (χ3n) is 10.2. The normalized spacial score (nSPS) is 42.9. The van der Waals surface area contributed by atoms with Crippen molar-refractivity contribution in [2.24, 2.45) is 0 Å². The molecule has 0 N–H and O–H groups in total. The van der Waals surface area contributed by atoms with Crippen LogP contribution in [0.1, 0.15) is 66.7 Å². The van der Waals surface area contributed by atoms with Crippen molar-refractivity contribution in [1.29, 1.82) is 0 Å². The van der Waals surface area contributed by atoms with Gasteiger partial charge in [-0.25, -0.2) is 0 Å². The van der Waals surface area contributed by atoms with Crippen LogP contribution in [0.25, 0.3) is 0 Å². The van der Waals surface area contributed by atoms with Gasteiger partial charge in [0.15, 0.2) is 38.6 Å². The zero-order valence-electron chi connectivity index (χ0n) is 28.2. The first-order valence-corrected chi connectivity index (χ1v) is 19.2. The third kappa shape index (κ3) is 5.89. The molecule has 6 aliphatic heterocycles. The fourth-order valence-corrected chi connectivity index (χ4v) is 8.31. The van der Waals surface area contributed by atoms with Crippen molar-refractivity contribution < 1.29 is 56.6 Å². The highest BCUT2D eigenvalue weighted by Gasteiger charge is 2.67. The Balaban J connectivity index is 1.17. The maximum atomic E-state index is 13.1. The molecule has 0 amide bonds. The Bertz CT molecular complexity index is 1300. The lowest BCUT2D eigenvalue weighted by molar-refractivity contribution is -0.392. The van der Waals surface area contributed by atoms with Gasteiger partial charge in [-0.1, -0.05) is 51.1 Å². The maximum absolute atomic E-state index is 13.1. The standard InChI is InChI=1S/C33H48O12Si/c1-30(2,3)46(8,9)45-25-22-20(16-35-28(39-22)18-13-11-10-12-14-18)40-33(15-21(34)38-27(25)33)36-17-19-23-24(42-31(4,5)41-23)26-29(37-19)44-32(6,7)43-26/h10-14,19-20,22-29H,15-17H2,1-9H3/t19?,20?,22-,23+,24?,25?,26?,27?,28?,29-,33+/m1/s1. The Morgan fingerprint density at radius 2 is 1.54 bits per heavy atom. The lowest BCUT2D eigenvalue weighted by Gasteiger charge is -2.53. The van der Waals surface area contributed by atoms with Gasteiger partial charge in [-0.15, -0.1) is 0 Å². The zero-order valence-corrected chi connectivity index (χ0v) is 29.2. The number of ether oxygens (including phenoxy) is 10. The number of hydrogen-bond donors (Lipinski definition) is 0. The third-order valence-corrected chi connectivity index (χ3v) is 14.6. The van der Waals surface area contributed by atoms with Crippen molar-refractivity contribution in [3.8, 4) is 0 Å². The minimum absolute atomic E-state index is 0.0132. The van der Waals surface area contributed by atoms with E-state index in [9.17, 15) is 4.79 Å². The van der Waals surface area contributed by atoms with Crippen molar-refractivity contribution in [3.05, 3.63) is 35.9 Å². The van der Waals surface area contributed by atoms with Crippen LogP contribution in [0.15, 0.2) is 30.3 Å². The second-order valence-electron chi connectivity index (χ2n) is 15.6. The van der Waals surface area contributed by atoms with Gasteiger partial charge in [0.05, 0.1) is 13.2 Å². The van der Waals surface area contributed by atoms with E-state index in [0.29, 0.717) is 0 Å². The highest BCUT2D eigenvalue weighted by Crippen LogP contribution is 2.50. The molecule has 1 aromatic carbocycles. The van der Waals surface area contributed by atoms with Gasteiger partial charge < -0.3 is 51.8 Å². The molecule has 0 aromatic heterocycles. The molecule has 6 saturated heterocycles. The van der Waals surface area contributed by atoms with E-state index in [-0.39, 0.29) is 24.7 Å². The molecule has 0 saturated carbocycles. The minimum Gasteiger partial charge on any atom is -0.454 e. The van der Waals surface area contributed by atoms with Crippen molar-refractivity contribution in [1.82, 2.24) is 0 Å². The summed E-state index contributed by atoms with van der Waals surface area (Å²) in [6.45, 7) is 18.5. The molecular formula is C33H48O12Si. The molecule has 0 aliphatic carbocycles. The van der Waals surface area contributed by atoms with Crippen LogP contribution in [0, 0.1) is 0 Å². The van der Waals surface area contributed by atoms with Crippen LogP contribution in [0.5, 0.6) is 0 Å². The molecule has 46 heavy (non-hydrogen) atoms. The summed E-state index contributed by atoms with van der Waals surface area (Å²) in [5, 5.41) is -0.123. The Labute approximate surface area is 271 Å². The van der Waals surface area contributed by atoms with Gasteiger partial charge in [0, 0.05) is 5.56 Å². The van der Waals surface area contributed by atoms with E-state index < -0.39 is 93.1 Å². The van der Waals surface area contributed by atoms with E-state index in [1.807, 2.05) is 58.0 Å². The van der Waals surface area contributed by atoms with Gasteiger partial charge in [0.1, 0.15) is 49.1 Å². The van der Waals surface area contributed by atoms with Crippen molar-refractivity contribution >= 4 is 14.3 Å². The van der Waals surface area contributed by atoms with Crippen LogP contribution in [-0.4, -0.2) is 100.0 Å². The zero-order chi connectivity index (χ0) is 32.9. The molecule has 11 atom stereocenters. The maximum Gasteiger partial charge on any atom is 0.312 e. The highest BCUT2D eigenvalue weighted by molar-refractivity contribution is 6.74. The fourth-order valence-electron chi connectivity index (χ4n) is 7.02. The summed E-state index contributed by atoms with van der Waals surface area (Å²) in [6.07, 6.45) is -6.17. The first-order chi connectivity index (χ1) is 21.5. The second-order valence-corrected chi connectivity index (χ2v) is 20.3. The Kier molecular flexibility index (Phi) is 8.09. The van der Waals surface area contributed by atoms with Crippen LogP contribution in [0.4, 0.5) is 0 Å². The first kappa shape index (κ1) is 33.0. The minimum atomic E-state index is -2.42. The van der Waals surface area contributed by atoms with Gasteiger partial charge >= 0.3 is 5.97 Å². The van der Waals surface area contributed by atoms with Crippen molar-refractivity contribution in [3.63, 3.8) is 0 Å². The summed E-state index contributed by atoms with van der Waals surface area (Å²) < 4.78 is 70.4. The largest absolute Gasteiger partial charge is 0.454 e. The number of carbonyl (C=O) groups is 1. The monoisotopic (exact) mass is 664 g/mol. The number of rotatable bonds is 6. The van der Waals surface area contributed by atoms with Gasteiger partial charge in [-0.2, -0.15) is 0 Å². The smallest absolute Gasteiger partial charge is 0.312 e. The van der Waals surface area contributed by atoms with Crippen LogP contribution in [0.3, 0.4) is 0 Å². The number of esters is 1. The lowest BCUT2D eigenvalue weighted by Crippen LogP contribution is -2.69. The molecule has 0 bridgehead atoms. The lowest BCUT2D eigenvalue weighted by atomic mass is 9.91. The number of benzene rings is 1. The Hall–Kier alpha value is -1.49. The van der Waals surface area contributed by atoms with Crippen LogP contribution < -0.4 is 0 Å². The molecule has 7 rings (SSSR count). The summed E-state index contributed by atoms with van der Waals surface area (Å²) in [5.41, 5.74) is 0.883. The molecule has 6 fully saturated rings. The van der Waals surface area contributed by atoms with Crippen molar-refractivity contribution in [2.75, 3.05) is 13.2 Å². The van der Waals surface area contributed by atoms with Gasteiger partial charge in [-0.05, 0) is 45.8 Å². The van der Waals surface area contributed by atoms with Crippen molar-refractivity contribution in [2.45, 2.75) is 152 Å². The predicted molar refractivity (Wildman–Crippen MR) is 163 cm³/mol. The predicted octanol–water partition coefficient (Wildman–Crippen LogP) is 4.31. The SMILES string of the molecule is CC1(C)OC2C3OC(C)(C)O[C@H]3C(CO[C@]34CC(=O)OC3C(O[Si](C)(C)C(C)(C)C)[C@@H]3OC(c5ccccc5)OCC3O4)O[C@@H]2O1. The molecule has 6 aliphatic rings. The molecule has 12 nitrogen and oxygen atoms in total. The molecular weight excluding hydrogens is 616 g/mol. The number of hydrogen-bond acceptors (Lipinski definition) is 12. The summed E-state index contributed by atoms with van der Waals surface area (Å²) in [5.74, 6) is -3.62. The summed E-state index contributed by atoms with van der Waals surface area (Å²) >= 11 is 0. The molecule has 6 heterocycles. The first-order valence-electron chi connectivity index (χ1n) is 16.3. The van der Waals surface area contributed by atoms with Gasteiger partial charge in [-0.3, -0.25) is 4.79 Å². The Morgan fingerprint density at radius 3 is 2.26 bits per heavy atom. The van der Waals surface area contributed by atoms with Crippen LogP contribution >= 0.6 is 0 Å². The van der Waals surface area contributed by atoms with E-state index in [0.717, 1.165) is 5.56 Å². The molecule has 7 unspecified atom stereocenters. The molecule has 1 aromatic rings. The summed E-state index contributed by atoms with van der Waals surface area (Å²) in [7, 11) is -2.42. The Morgan fingerprint density at radius 1 is 0.870 bits per heavy atom. The number of carbonyl (C=O) groups excluding carboxylic acids is 1. The average Bonchev–Trinajstić information content (AvgIpc) is 3.59. The molecule has 256 valence electrons. The quantitative estimate of drug-likeness (QED) is 0.319. The van der Waals surface area contributed by atoms with E-state index in [2.05, 4.69) is 33.9 Å². The second kappa shape index (κ2) is 11.3.